The molecule has 2 aromatic carbocycles. The van der Waals surface area contributed by atoms with Crippen LogP contribution in [0.3, 0.4) is 0 Å². The van der Waals surface area contributed by atoms with E-state index in [-0.39, 0.29) is 31.3 Å². The Bertz CT molecular complexity index is 3730. The Morgan fingerprint density at radius 3 is 2.25 bits per heavy atom. The number of amides is 3. The minimum absolute atomic E-state index is 0.123. The van der Waals surface area contributed by atoms with E-state index in [0.29, 0.717) is 17.2 Å². The van der Waals surface area contributed by atoms with E-state index in [1.807, 2.05) is 0 Å². The number of benzene rings is 2. The summed E-state index contributed by atoms with van der Waals surface area (Å²) in [4.78, 5) is 65.1. The Hall–Kier alpha value is -6.40. The van der Waals surface area contributed by atoms with Crippen LogP contribution in [0.2, 0.25) is 5.02 Å². The number of pyridine rings is 1. The maximum atomic E-state index is 15.7. The van der Waals surface area contributed by atoms with Gasteiger partial charge in [-0.1, -0.05) is 23.6 Å². The number of phosphoric acid groups is 1. The molecule has 4 heterocycles. The van der Waals surface area contributed by atoms with Crippen molar-refractivity contribution in [1.29, 1.82) is 0 Å². The first-order chi connectivity index (χ1) is 37.3. The fourth-order valence-electron chi connectivity index (χ4n) is 9.18. The molecule has 1 saturated carbocycles. The highest BCUT2D eigenvalue weighted by Gasteiger charge is 2.68. The number of phosphoric ester groups is 1. The molecule has 21 nitrogen and oxygen atoms in total. The van der Waals surface area contributed by atoms with Crippen LogP contribution in [0, 0.1) is 29.4 Å². The number of halogens is 11. The van der Waals surface area contributed by atoms with E-state index >= 15 is 8.78 Å². The highest BCUT2D eigenvalue weighted by atomic mass is 35.5. The third-order valence-corrected chi connectivity index (χ3v) is 16.8. The van der Waals surface area contributed by atoms with Gasteiger partial charge in [0.05, 0.1) is 47.1 Å². The van der Waals surface area contributed by atoms with Crippen LogP contribution in [0.25, 0.3) is 22.0 Å². The van der Waals surface area contributed by atoms with Crippen molar-refractivity contribution in [1.82, 2.24) is 34.8 Å². The van der Waals surface area contributed by atoms with Crippen LogP contribution in [-0.2, 0) is 79.6 Å². The third-order valence-electron chi connectivity index (χ3n) is 13.1. The molecule has 3 amide bonds. The fraction of sp³-hybridized carbons (Fsp3) is 0.435. The zero-order valence-corrected chi connectivity index (χ0v) is 45.2. The van der Waals surface area contributed by atoms with Gasteiger partial charge in [0.2, 0.25) is 22.7 Å². The molecular weight excluding hydrogens is 1190 g/mol. The van der Waals surface area contributed by atoms with Crippen molar-refractivity contribution in [2.24, 2.45) is 5.92 Å². The molecule has 4 atom stereocenters. The van der Waals surface area contributed by atoms with Gasteiger partial charge < -0.3 is 29.5 Å². The summed E-state index contributed by atoms with van der Waals surface area (Å²) < 4.78 is 225. The number of sulfonamides is 1. The van der Waals surface area contributed by atoms with Crippen LogP contribution >= 0.6 is 19.4 Å². The second kappa shape index (κ2) is 21.4. The van der Waals surface area contributed by atoms with Crippen molar-refractivity contribution in [3.63, 3.8) is 0 Å². The van der Waals surface area contributed by atoms with Gasteiger partial charge in [0.15, 0.2) is 27.4 Å². The summed E-state index contributed by atoms with van der Waals surface area (Å²) in [7, 11) is -14.3. The molecule has 3 N–H and O–H groups in total. The minimum Gasteiger partial charge on any atom is -0.436 e. The highest BCUT2D eigenvalue weighted by Crippen LogP contribution is 2.68. The molecule has 0 bridgehead atoms. The highest BCUT2D eigenvalue weighted by molar-refractivity contribution is 7.93. The molecular formula is C46H42ClF10N8O13PS2. The molecule has 3 aliphatic rings. The van der Waals surface area contributed by atoms with Gasteiger partial charge in [0.25, 0.3) is 5.92 Å². The molecule has 5 aromatic rings. The van der Waals surface area contributed by atoms with Crippen molar-refractivity contribution >= 4 is 73.9 Å². The van der Waals surface area contributed by atoms with Crippen molar-refractivity contribution in [2.45, 2.75) is 80.8 Å². The lowest BCUT2D eigenvalue weighted by Gasteiger charge is -2.36. The molecule has 0 radical (unpaired) electrons. The van der Waals surface area contributed by atoms with Crippen molar-refractivity contribution in [3.8, 4) is 23.0 Å². The summed E-state index contributed by atoms with van der Waals surface area (Å²) in [5.74, 6) is -8.02. The fourth-order valence-corrected chi connectivity index (χ4v) is 10.7. The molecule has 0 spiro atoms. The van der Waals surface area contributed by atoms with Gasteiger partial charge in [0.1, 0.15) is 40.9 Å². The lowest BCUT2D eigenvalue weighted by molar-refractivity contribution is -0.161. The maximum absolute atomic E-state index is 15.7. The van der Waals surface area contributed by atoms with Crippen LogP contribution < -0.4 is 9.62 Å². The number of fused-ring (bicyclic) bond motifs is 4. The third kappa shape index (κ3) is 12.8. The molecule has 1 saturated heterocycles. The predicted octanol–water partition coefficient (Wildman–Crippen LogP) is 6.49. The second-order valence-electron chi connectivity index (χ2n) is 19.3. The summed E-state index contributed by atoms with van der Waals surface area (Å²) >= 11 is 6.70. The number of carbonyl (C=O) groups is 3. The van der Waals surface area contributed by atoms with Crippen molar-refractivity contribution in [3.05, 3.63) is 93.0 Å². The van der Waals surface area contributed by atoms with E-state index < -0.39 is 206 Å². The SMILES string of the molecule is CC(C)(C#Cc1ccc(-c2ccc(Cl)c3c(N(C(=O)N4CCOC[C@H]4C(=O)OCOP(=O)(O)O)S(C)(=O)=O)nn(CC(F)(F)F)c23)c([C@H](Cc2cc(F)cc(F)c2)NC(=O)Cn2nc(C(F)(F)F)c3c2C(F)(F)[C@@H]2C[C@H]32)n1)S(C)(=O)=O. The molecule has 3 aromatic heterocycles. The number of esters is 1. The number of aromatic nitrogens is 5. The average Bonchev–Trinajstić information content (AvgIpc) is 3.96. The first-order valence-corrected chi connectivity index (χ1v) is 29.0. The first-order valence-electron chi connectivity index (χ1n) is 23.3. The Morgan fingerprint density at radius 1 is 0.988 bits per heavy atom. The maximum Gasteiger partial charge on any atom is 0.472 e. The predicted molar refractivity (Wildman–Crippen MR) is 261 cm³/mol. The summed E-state index contributed by atoms with van der Waals surface area (Å²) in [6.45, 7) is -4.21. The number of nitrogens with zero attached hydrogens (tertiary/aromatic N) is 7. The van der Waals surface area contributed by atoms with E-state index in [1.165, 1.54) is 13.8 Å². The zero-order valence-electron chi connectivity index (χ0n) is 41.9. The monoisotopic (exact) mass is 1230 g/mol. The van der Waals surface area contributed by atoms with E-state index in [9.17, 15) is 70.9 Å². The van der Waals surface area contributed by atoms with Crippen LogP contribution in [-0.4, -0.2) is 130 Å². The molecule has 2 fully saturated rings. The lowest BCUT2D eigenvalue weighted by Crippen LogP contribution is -2.58. The molecule has 35 heteroatoms. The van der Waals surface area contributed by atoms with Crippen LogP contribution in [0.5, 0.6) is 0 Å². The van der Waals surface area contributed by atoms with Crippen LogP contribution in [0.4, 0.5) is 54.5 Å². The standard InChI is InChI=1S/C46H42ClF10N8O13PS2/c1-43(2,80(3,72)73)10-9-25-5-6-26(36(58-25)31(15-22-13-23(48)16-24(49)14-22)59-33(66)18-63-39-34(38(60-63)46(55,56)57)28-17-29(28)45(39,53)54)27-7-8-30(47)35-37(27)64(20-44(50,51)52)61-40(35)65(81(4,74)75)42(68)62-11-12-76-19-32(62)41(67)77-21-78-79(69,70)71/h5-8,13-14,16,28-29,31-32H,11-12,15,17-21H2,1-4H3,(H,59,66)(H2,69,70,71)/t28-,29+,31-,32-/m0/s1. The van der Waals surface area contributed by atoms with Crippen LogP contribution in [0.1, 0.15) is 66.1 Å². The lowest BCUT2D eigenvalue weighted by atomic mass is 9.93. The van der Waals surface area contributed by atoms with Gasteiger partial charge in [-0.25, -0.2) is 49.3 Å². The van der Waals surface area contributed by atoms with Gasteiger partial charge >= 0.3 is 32.2 Å². The number of carbonyl (C=O) groups excluding carboxylic acids is 3. The van der Waals surface area contributed by atoms with Gasteiger partial charge in [-0.05, 0) is 74.4 Å². The summed E-state index contributed by atoms with van der Waals surface area (Å²) in [6, 6.07) is 0.670. The number of hydrogen-bond acceptors (Lipinski definition) is 14. The van der Waals surface area contributed by atoms with E-state index in [1.54, 1.807) is 0 Å². The van der Waals surface area contributed by atoms with Crippen molar-refractivity contribution in [2.75, 3.05) is 43.4 Å². The topological polar surface area (TPSA) is 272 Å². The number of sulfone groups is 1. The Labute approximate surface area is 456 Å². The Balaban J connectivity index is 1.34. The summed E-state index contributed by atoms with van der Waals surface area (Å²) in [5, 5.41) is 8.33. The number of anilines is 1. The van der Waals surface area contributed by atoms with Gasteiger partial charge in [-0.2, -0.15) is 49.6 Å². The number of nitrogens with one attached hydrogen (secondary N) is 1. The zero-order chi connectivity index (χ0) is 59.9. The molecule has 2 aliphatic carbocycles. The molecule has 438 valence electrons. The smallest absolute Gasteiger partial charge is 0.436 e. The van der Waals surface area contributed by atoms with Gasteiger partial charge in [0, 0.05) is 41.5 Å². The van der Waals surface area contributed by atoms with Gasteiger partial charge in [-0.3, -0.25) is 14.2 Å². The average molecular weight is 1240 g/mol. The Morgan fingerprint density at radius 2 is 1.64 bits per heavy atom. The molecule has 81 heavy (non-hydrogen) atoms. The minimum atomic E-state index is -5.27. The van der Waals surface area contributed by atoms with E-state index in [4.69, 9.17) is 30.9 Å². The molecule has 8 rings (SSSR count). The first kappa shape index (κ1) is 60.7. The molecule has 0 unspecified atom stereocenters. The number of urea groups is 1. The normalized spacial score (nSPS) is 18.6. The largest absolute Gasteiger partial charge is 0.472 e. The number of ether oxygens (including phenoxy) is 2. The van der Waals surface area contributed by atoms with Crippen molar-refractivity contribution < 1.29 is 103 Å². The summed E-state index contributed by atoms with van der Waals surface area (Å²) in [6.07, 6.45) is -10.4. The van der Waals surface area contributed by atoms with Gasteiger partial charge in [-0.15, -0.1) is 0 Å². The number of alkyl halides is 8. The van der Waals surface area contributed by atoms with E-state index in [0.717, 1.165) is 42.7 Å². The number of hydrogen-bond donors (Lipinski definition) is 3. The number of morpholine rings is 1. The Kier molecular flexibility index (Phi) is 16.0. The molecule has 1 aliphatic heterocycles. The summed E-state index contributed by atoms with van der Waals surface area (Å²) in [5.41, 5.74) is -6.57. The van der Waals surface area contributed by atoms with Crippen LogP contribution in [0.15, 0.2) is 42.5 Å². The van der Waals surface area contributed by atoms with E-state index in [2.05, 4.69) is 36.9 Å². The quantitative estimate of drug-likeness (QED) is 0.0332. The second-order valence-corrected chi connectivity index (χ2v) is 25.4. The number of rotatable bonds is 15.